The molecule has 4 heteroatoms. The van der Waals surface area contributed by atoms with Gasteiger partial charge in [-0.1, -0.05) is 6.92 Å². The van der Waals surface area contributed by atoms with Crippen LogP contribution in [0.25, 0.3) is 0 Å². The number of nitrogens with zero attached hydrogens (tertiary/aromatic N) is 1. The molecule has 0 heterocycles. The van der Waals surface area contributed by atoms with E-state index in [1.165, 1.54) is 0 Å². The van der Waals surface area contributed by atoms with Gasteiger partial charge in [-0.15, -0.1) is 0 Å². The molecule has 0 bridgehead atoms. The second-order valence-corrected chi connectivity index (χ2v) is 5.53. The Balaban J connectivity index is 3.91. The molecule has 0 radical (unpaired) electrons. The molecular weight excluding hydrogens is 228 g/mol. The van der Waals surface area contributed by atoms with Crippen LogP contribution in [-0.4, -0.2) is 62.0 Å². The lowest BCUT2D eigenvalue weighted by Crippen LogP contribution is -2.46. The molecule has 0 aliphatic heterocycles. The van der Waals surface area contributed by atoms with Crippen LogP contribution in [0.5, 0.6) is 0 Å². The maximum absolute atomic E-state index is 9.47. The summed E-state index contributed by atoms with van der Waals surface area (Å²) in [6, 6.07) is 0.444. The Labute approximate surface area is 113 Å². The minimum absolute atomic E-state index is 0.138. The fourth-order valence-electron chi connectivity index (χ4n) is 1.96. The first kappa shape index (κ1) is 17.8. The van der Waals surface area contributed by atoms with Gasteiger partial charge in [-0.25, -0.2) is 0 Å². The molecule has 110 valence electrons. The minimum Gasteiger partial charge on any atom is -0.394 e. The lowest BCUT2D eigenvalue weighted by atomic mass is 9.96. The highest BCUT2D eigenvalue weighted by Crippen LogP contribution is 2.12. The van der Waals surface area contributed by atoms with Gasteiger partial charge in [0.25, 0.3) is 0 Å². The summed E-state index contributed by atoms with van der Waals surface area (Å²) in [7, 11) is 3.86. The van der Waals surface area contributed by atoms with Gasteiger partial charge in [0, 0.05) is 18.7 Å². The van der Waals surface area contributed by atoms with Crippen molar-refractivity contribution in [2.24, 2.45) is 0 Å². The van der Waals surface area contributed by atoms with E-state index >= 15 is 0 Å². The van der Waals surface area contributed by atoms with Gasteiger partial charge in [0.15, 0.2) is 0 Å². The highest BCUT2D eigenvalue weighted by Gasteiger charge is 2.22. The number of hydrogen-bond acceptors (Lipinski definition) is 4. The molecule has 0 aromatic carbocycles. The smallest absolute Gasteiger partial charge is 0.0615 e. The van der Waals surface area contributed by atoms with Gasteiger partial charge in [-0.3, -0.25) is 0 Å². The van der Waals surface area contributed by atoms with Gasteiger partial charge in [0.1, 0.15) is 0 Å². The highest BCUT2D eigenvalue weighted by atomic mass is 16.5. The number of nitrogens with one attached hydrogen (secondary N) is 1. The summed E-state index contributed by atoms with van der Waals surface area (Å²) in [6.45, 7) is 9.38. The molecule has 18 heavy (non-hydrogen) atoms. The molecular formula is C14H32N2O2. The monoisotopic (exact) mass is 260 g/mol. The quantitative estimate of drug-likeness (QED) is 0.591. The SMILES string of the molecule is CCCNC(C)(CO)CCCN(C)C(C)COC. The maximum Gasteiger partial charge on any atom is 0.0615 e. The van der Waals surface area contributed by atoms with E-state index in [0.29, 0.717) is 6.04 Å². The van der Waals surface area contributed by atoms with Crippen molar-refractivity contribution in [2.45, 2.75) is 51.6 Å². The van der Waals surface area contributed by atoms with Gasteiger partial charge in [0.05, 0.1) is 13.2 Å². The van der Waals surface area contributed by atoms with Crippen molar-refractivity contribution in [3.63, 3.8) is 0 Å². The molecule has 0 spiro atoms. The molecule has 0 fully saturated rings. The first-order valence-electron chi connectivity index (χ1n) is 7.04. The number of methoxy groups -OCH3 is 1. The van der Waals surface area contributed by atoms with Crippen LogP contribution in [0.1, 0.15) is 40.0 Å². The summed E-state index contributed by atoms with van der Waals surface area (Å²) in [6.07, 6.45) is 3.17. The Bertz CT molecular complexity index is 202. The summed E-state index contributed by atoms with van der Waals surface area (Å²) in [5, 5.41) is 12.9. The number of ether oxygens (including phenoxy) is 1. The summed E-state index contributed by atoms with van der Waals surface area (Å²) >= 11 is 0. The van der Waals surface area contributed by atoms with Crippen LogP contribution in [0.2, 0.25) is 0 Å². The predicted octanol–water partition coefficient (Wildman–Crippen LogP) is 1.48. The van der Waals surface area contributed by atoms with Crippen molar-refractivity contribution >= 4 is 0 Å². The van der Waals surface area contributed by atoms with E-state index in [9.17, 15) is 5.11 Å². The summed E-state index contributed by atoms with van der Waals surface area (Å²) in [5.74, 6) is 0. The molecule has 0 aromatic rings. The number of likely N-dealkylation sites (N-methyl/N-ethyl adjacent to an activating group) is 1. The molecule has 0 aromatic heterocycles. The summed E-state index contributed by atoms with van der Waals surface area (Å²) < 4.78 is 5.15. The first-order chi connectivity index (χ1) is 8.49. The van der Waals surface area contributed by atoms with Gasteiger partial charge in [-0.2, -0.15) is 0 Å². The van der Waals surface area contributed by atoms with Crippen LogP contribution >= 0.6 is 0 Å². The zero-order valence-corrected chi connectivity index (χ0v) is 12.8. The molecule has 0 rings (SSSR count). The van der Waals surface area contributed by atoms with Crippen molar-refractivity contribution < 1.29 is 9.84 Å². The highest BCUT2D eigenvalue weighted by molar-refractivity contribution is 4.82. The number of hydrogen-bond donors (Lipinski definition) is 2. The maximum atomic E-state index is 9.47. The van der Waals surface area contributed by atoms with Crippen molar-refractivity contribution in [3.8, 4) is 0 Å². The Morgan fingerprint density at radius 1 is 1.44 bits per heavy atom. The van der Waals surface area contributed by atoms with Crippen LogP contribution in [0.4, 0.5) is 0 Å². The van der Waals surface area contributed by atoms with Crippen molar-refractivity contribution in [2.75, 3.05) is 40.5 Å². The van der Waals surface area contributed by atoms with E-state index in [2.05, 4.69) is 38.0 Å². The van der Waals surface area contributed by atoms with Crippen molar-refractivity contribution in [3.05, 3.63) is 0 Å². The van der Waals surface area contributed by atoms with E-state index in [1.807, 2.05) is 0 Å². The molecule has 0 amide bonds. The van der Waals surface area contributed by atoms with E-state index in [4.69, 9.17) is 4.74 Å². The van der Waals surface area contributed by atoms with Crippen LogP contribution in [0.15, 0.2) is 0 Å². The second kappa shape index (κ2) is 9.73. The predicted molar refractivity (Wildman–Crippen MR) is 77.0 cm³/mol. The topological polar surface area (TPSA) is 44.7 Å². The van der Waals surface area contributed by atoms with Gasteiger partial charge >= 0.3 is 0 Å². The summed E-state index contributed by atoms with van der Waals surface area (Å²) in [5.41, 5.74) is -0.138. The number of rotatable bonds is 11. The fraction of sp³-hybridized carbons (Fsp3) is 1.00. The zero-order valence-electron chi connectivity index (χ0n) is 12.8. The Morgan fingerprint density at radius 2 is 2.11 bits per heavy atom. The average Bonchev–Trinajstić information content (AvgIpc) is 2.36. The molecule has 0 aliphatic rings. The molecule has 2 unspecified atom stereocenters. The van der Waals surface area contributed by atoms with Crippen molar-refractivity contribution in [1.29, 1.82) is 0 Å². The molecule has 0 saturated carbocycles. The lowest BCUT2D eigenvalue weighted by Gasteiger charge is -2.30. The molecule has 2 N–H and O–H groups in total. The third kappa shape index (κ3) is 7.31. The largest absolute Gasteiger partial charge is 0.394 e. The summed E-state index contributed by atoms with van der Waals surface area (Å²) in [4.78, 5) is 2.31. The molecule has 4 nitrogen and oxygen atoms in total. The van der Waals surface area contributed by atoms with E-state index in [0.717, 1.165) is 39.0 Å². The van der Waals surface area contributed by atoms with Crippen LogP contribution in [0, 0.1) is 0 Å². The van der Waals surface area contributed by atoms with Crippen LogP contribution in [0.3, 0.4) is 0 Å². The van der Waals surface area contributed by atoms with Crippen LogP contribution in [-0.2, 0) is 4.74 Å². The van der Waals surface area contributed by atoms with Gasteiger partial charge in [0.2, 0.25) is 0 Å². The molecule has 2 atom stereocenters. The Kier molecular flexibility index (Phi) is 9.64. The average molecular weight is 260 g/mol. The third-order valence-corrected chi connectivity index (χ3v) is 3.55. The van der Waals surface area contributed by atoms with E-state index < -0.39 is 0 Å². The first-order valence-corrected chi connectivity index (χ1v) is 7.04. The zero-order chi connectivity index (χ0) is 14.0. The lowest BCUT2D eigenvalue weighted by molar-refractivity contribution is 0.109. The third-order valence-electron chi connectivity index (χ3n) is 3.55. The van der Waals surface area contributed by atoms with Crippen LogP contribution < -0.4 is 5.32 Å². The molecule has 0 saturated heterocycles. The second-order valence-electron chi connectivity index (χ2n) is 5.53. The Morgan fingerprint density at radius 3 is 2.61 bits per heavy atom. The normalized spacial score (nSPS) is 16.8. The minimum atomic E-state index is -0.138. The molecule has 0 aliphatic carbocycles. The Hall–Kier alpha value is -0.160. The fourth-order valence-corrected chi connectivity index (χ4v) is 1.96. The standard InChI is InChI=1S/C14H32N2O2/c1-6-9-15-14(3,12-17)8-7-10-16(4)13(2)11-18-5/h13,15,17H,6-12H2,1-5H3. The van der Waals surface area contributed by atoms with E-state index in [1.54, 1.807) is 7.11 Å². The van der Waals surface area contributed by atoms with E-state index in [-0.39, 0.29) is 12.1 Å². The van der Waals surface area contributed by atoms with Gasteiger partial charge in [-0.05, 0) is 53.2 Å². The number of aliphatic hydroxyl groups excluding tert-OH is 1. The van der Waals surface area contributed by atoms with Gasteiger partial charge < -0.3 is 20.1 Å². The number of aliphatic hydroxyl groups is 1. The van der Waals surface area contributed by atoms with Crippen molar-refractivity contribution in [1.82, 2.24) is 10.2 Å².